The number of amides is 1. The molecule has 19 atom stereocenters. The van der Waals surface area contributed by atoms with Crippen LogP contribution in [0.15, 0.2) is 5.16 Å². The number of sulfonamides is 1. The lowest BCUT2D eigenvalue weighted by Gasteiger charge is -2.54. The third-order valence-corrected chi connectivity index (χ3v) is 17.6. The van der Waals surface area contributed by atoms with Gasteiger partial charge in [-0.3, -0.25) is 14.6 Å². The number of hydrogen-bond acceptors (Lipinski definition) is 19. The first kappa shape index (κ1) is 59.6. The van der Waals surface area contributed by atoms with E-state index in [2.05, 4.69) is 26.6 Å². The molecule has 412 valence electrons. The quantitative estimate of drug-likeness (QED) is 0.0846. The van der Waals surface area contributed by atoms with Crippen LogP contribution in [-0.2, 0) is 52.7 Å². The molecule has 0 aromatic rings. The minimum absolute atomic E-state index is 0.0543. The van der Waals surface area contributed by atoms with Crippen LogP contribution in [0.4, 0.5) is 4.79 Å². The number of aliphatic hydroxyl groups is 2. The third kappa shape index (κ3) is 12.9. The number of nitrogens with zero attached hydrogens (tertiary/aromatic N) is 4. The highest BCUT2D eigenvalue weighted by Gasteiger charge is 2.62. The molecule has 0 radical (unpaired) electrons. The SMILES string of the molecule is CC[C@H]1OC(=O)[C@H](C)[C@@H](O[C@H]2C[C@@](C)(OC)[C@@](O)(CN(C)CCN3CCC[C@H]3C)[C@H](C)O2)[C@H](C)[C@@H](O[C@@H]2O[C@H](C)C[C@H](N)[C@H]2O)[C@@](C)(OC)C[C@@H](C)C(=NO)[C@H](C)[C@H]2N(CCNS(C)(=O)=O)C(=O)O[C@]12C. The monoisotopic (exact) mass is 1030 g/mol. The number of likely N-dealkylation sites (tertiary alicyclic amines) is 1. The summed E-state index contributed by atoms with van der Waals surface area (Å²) in [6, 6.07) is -1.12. The average molecular weight is 1040 g/mol. The van der Waals surface area contributed by atoms with Crippen LogP contribution < -0.4 is 10.5 Å². The molecule has 5 saturated heterocycles. The summed E-state index contributed by atoms with van der Waals surface area (Å²) in [6.07, 6.45) is -4.62. The van der Waals surface area contributed by atoms with Crippen molar-refractivity contribution in [2.24, 2.45) is 34.6 Å². The second-order valence-corrected chi connectivity index (χ2v) is 24.0. The van der Waals surface area contributed by atoms with E-state index in [0.29, 0.717) is 12.5 Å². The lowest BCUT2D eigenvalue weighted by atomic mass is 9.72. The van der Waals surface area contributed by atoms with E-state index >= 15 is 4.79 Å². The van der Waals surface area contributed by atoms with Crippen molar-refractivity contribution in [3.63, 3.8) is 0 Å². The summed E-state index contributed by atoms with van der Waals surface area (Å²) in [6.45, 7) is 22.7. The lowest BCUT2D eigenvalue weighted by molar-refractivity contribution is -0.338. The van der Waals surface area contributed by atoms with Gasteiger partial charge in [0.15, 0.2) is 18.2 Å². The Morgan fingerprint density at radius 1 is 0.986 bits per heavy atom. The number of oxime groups is 1. The second kappa shape index (κ2) is 23.7. The van der Waals surface area contributed by atoms with Gasteiger partial charge in [-0.1, -0.05) is 32.9 Å². The van der Waals surface area contributed by atoms with E-state index in [1.807, 2.05) is 41.7 Å². The molecule has 21 nitrogen and oxygen atoms in total. The number of nitrogens with one attached hydrogen (secondary N) is 1. The normalized spacial score (nSPS) is 44.1. The Bertz CT molecular complexity index is 1940. The zero-order valence-corrected chi connectivity index (χ0v) is 46.0. The van der Waals surface area contributed by atoms with E-state index in [1.165, 1.54) is 24.9 Å². The van der Waals surface area contributed by atoms with Crippen LogP contribution >= 0.6 is 0 Å². The van der Waals surface area contributed by atoms with Crippen molar-refractivity contribution in [3.05, 3.63) is 0 Å². The minimum atomic E-state index is -3.64. The molecule has 5 aliphatic rings. The summed E-state index contributed by atoms with van der Waals surface area (Å²) < 4.78 is 78.9. The van der Waals surface area contributed by atoms with E-state index in [1.54, 1.807) is 41.7 Å². The van der Waals surface area contributed by atoms with Crippen molar-refractivity contribution in [3.8, 4) is 0 Å². The van der Waals surface area contributed by atoms with E-state index in [0.717, 1.165) is 25.9 Å². The maximum absolute atomic E-state index is 15.0. The number of carbonyl (C=O) groups excluding carboxylic acids is 2. The summed E-state index contributed by atoms with van der Waals surface area (Å²) in [5, 5.41) is 38.9. The van der Waals surface area contributed by atoms with Crippen LogP contribution in [0.25, 0.3) is 0 Å². The molecule has 71 heavy (non-hydrogen) atoms. The Morgan fingerprint density at radius 2 is 1.66 bits per heavy atom. The highest BCUT2D eigenvalue weighted by molar-refractivity contribution is 7.88. The molecule has 0 unspecified atom stereocenters. The van der Waals surface area contributed by atoms with Crippen LogP contribution in [0.3, 0.4) is 0 Å². The number of aliphatic hydroxyl groups excluding tert-OH is 1. The molecule has 5 fully saturated rings. The van der Waals surface area contributed by atoms with Gasteiger partial charge in [0.1, 0.15) is 23.4 Å². The van der Waals surface area contributed by atoms with Crippen LogP contribution in [-0.4, -0.2) is 213 Å². The van der Waals surface area contributed by atoms with Crippen LogP contribution in [0.1, 0.15) is 115 Å². The van der Waals surface area contributed by atoms with Gasteiger partial charge >= 0.3 is 12.1 Å². The van der Waals surface area contributed by atoms with Gasteiger partial charge in [-0.15, -0.1) is 0 Å². The van der Waals surface area contributed by atoms with Crippen LogP contribution in [0.2, 0.25) is 0 Å². The van der Waals surface area contributed by atoms with Crippen molar-refractivity contribution in [1.29, 1.82) is 0 Å². The smallest absolute Gasteiger partial charge is 0.410 e. The molecule has 6 N–H and O–H groups in total. The van der Waals surface area contributed by atoms with Crippen molar-refractivity contribution >= 4 is 27.8 Å². The fourth-order valence-corrected chi connectivity index (χ4v) is 12.9. The standard InChI is InChI=1S/C49H90N6O15S/c1-16-36-48(11)41(55(45(58)70-48)21-19-51-71(15,61)62)31(5)38(52-60)28(2)25-46(9,63-13)42(69-44-39(56)35(50)24-30(4)65-44)32(6)40(33(7)43(57)67-36)68-37-26-47(10,64-14)49(59,34(8)66-37)27-53(12)22-23-54-20-17-18-29(54)3/h28-37,39-42,44,51,56,59-60H,16-27,50H2,1-15H3/t28-,29-,30-,31+,32+,33-,34+,35+,36-,37+,39-,40+,41-,42-,44+,46+,47-,48-,49-/m1/s1. The van der Waals surface area contributed by atoms with E-state index in [9.17, 15) is 28.6 Å². The van der Waals surface area contributed by atoms with Gasteiger partial charge < -0.3 is 63.9 Å². The third-order valence-electron chi connectivity index (χ3n) is 16.8. The van der Waals surface area contributed by atoms with Crippen molar-refractivity contribution in [1.82, 2.24) is 19.4 Å². The molecule has 0 spiro atoms. The molecule has 0 aromatic heterocycles. The fourth-order valence-electron chi connectivity index (χ4n) is 12.4. The van der Waals surface area contributed by atoms with E-state index in [4.69, 9.17) is 43.6 Å². The number of hydrogen-bond donors (Lipinski definition) is 5. The largest absolute Gasteiger partial charge is 0.458 e. The number of methoxy groups -OCH3 is 2. The highest BCUT2D eigenvalue weighted by atomic mass is 32.2. The van der Waals surface area contributed by atoms with Gasteiger partial charge in [-0.25, -0.2) is 17.9 Å². The summed E-state index contributed by atoms with van der Waals surface area (Å²) in [5.74, 6) is -3.95. The first-order valence-corrected chi connectivity index (χ1v) is 27.6. The molecule has 5 heterocycles. The van der Waals surface area contributed by atoms with Crippen molar-refractivity contribution in [2.45, 2.75) is 204 Å². The molecule has 0 aliphatic carbocycles. The maximum Gasteiger partial charge on any atom is 0.410 e. The number of carbonyl (C=O) groups is 2. The molecule has 0 aromatic carbocycles. The molecule has 0 saturated carbocycles. The van der Waals surface area contributed by atoms with Gasteiger partial charge in [0, 0.05) is 83.2 Å². The number of ether oxygens (including phenoxy) is 8. The molecule has 5 aliphatic heterocycles. The Balaban J connectivity index is 1.59. The zero-order valence-electron chi connectivity index (χ0n) is 45.2. The lowest BCUT2D eigenvalue weighted by Crippen LogP contribution is -2.70. The van der Waals surface area contributed by atoms with Crippen molar-refractivity contribution in [2.75, 3.05) is 66.8 Å². The van der Waals surface area contributed by atoms with Crippen LogP contribution in [0, 0.1) is 23.7 Å². The maximum atomic E-state index is 15.0. The predicted molar refractivity (Wildman–Crippen MR) is 264 cm³/mol. The number of nitrogens with two attached hydrogens (primary N) is 1. The highest BCUT2D eigenvalue weighted by Crippen LogP contribution is 2.46. The van der Waals surface area contributed by atoms with E-state index < -0.39 is 123 Å². The number of fused-ring (bicyclic) bond motifs is 1. The fraction of sp³-hybridized carbons (Fsp3) is 0.939. The summed E-state index contributed by atoms with van der Waals surface area (Å²) in [5.41, 5.74) is 1.13. The molecular weight excluding hydrogens is 945 g/mol. The molecule has 1 amide bonds. The zero-order chi connectivity index (χ0) is 53.2. The topological polar surface area (TPSA) is 263 Å². The Labute approximate surface area is 423 Å². The Morgan fingerprint density at radius 3 is 2.24 bits per heavy atom. The average Bonchev–Trinajstić information content (AvgIpc) is 3.82. The van der Waals surface area contributed by atoms with Gasteiger partial charge in [0.05, 0.1) is 53.9 Å². The van der Waals surface area contributed by atoms with Gasteiger partial charge in [0.25, 0.3) is 0 Å². The molecule has 5 rings (SSSR count). The summed E-state index contributed by atoms with van der Waals surface area (Å²) in [7, 11) is 1.40. The summed E-state index contributed by atoms with van der Waals surface area (Å²) in [4.78, 5) is 35.0. The predicted octanol–water partition coefficient (Wildman–Crippen LogP) is 2.90. The first-order chi connectivity index (χ1) is 33.0. The number of likely N-dealkylation sites (N-methyl/N-ethyl adjacent to an activating group) is 1. The summed E-state index contributed by atoms with van der Waals surface area (Å²) >= 11 is 0. The van der Waals surface area contributed by atoms with Gasteiger partial charge in [0.2, 0.25) is 10.0 Å². The number of esters is 1. The minimum Gasteiger partial charge on any atom is -0.458 e. The second-order valence-electron chi connectivity index (χ2n) is 22.2. The van der Waals surface area contributed by atoms with Crippen LogP contribution in [0.5, 0.6) is 0 Å². The number of rotatable bonds is 16. The Hall–Kier alpha value is -2.32. The first-order valence-electron chi connectivity index (χ1n) is 25.7. The molecule has 22 heteroatoms. The molecular formula is C49H90N6O15S. The van der Waals surface area contributed by atoms with Gasteiger partial charge in [-0.05, 0) is 94.2 Å². The van der Waals surface area contributed by atoms with E-state index in [-0.39, 0.29) is 50.7 Å². The molecule has 0 bridgehead atoms. The van der Waals surface area contributed by atoms with Gasteiger partial charge in [-0.2, -0.15) is 0 Å². The van der Waals surface area contributed by atoms with Crippen molar-refractivity contribution < 1.29 is 71.3 Å². The Kier molecular flexibility index (Phi) is 19.9. The number of cyclic esters (lactones) is 1.